The molecule has 13 heavy (non-hydrogen) atoms. The van der Waals surface area contributed by atoms with Crippen LogP contribution in [-0.2, 0) is 0 Å². The summed E-state index contributed by atoms with van der Waals surface area (Å²) in [5.74, 6) is 0. The van der Waals surface area contributed by atoms with Crippen molar-refractivity contribution in [2.45, 2.75) is 63.9 Å². The molecule has 1 aliphatic carbocycles. The second kappa shape index (κ2) is 8.74. The predicted molar refractivity (Wildman–Crippen MR) is 51.1 cm³/mol. The molecule has 0 bridgehead atoms. The third kappa shape index (κ3) is 6.52. The van der Waals surface area contributed by atoms with E-state index in [2.05, 4.69) is 6.92 Å². The van der Waals surface area contributed by atoms with Gasteiger partial charge in [0, 0.05) is 0 Å². The first kappa shape index (κ1) is 16.9. The van der Waals surface area contributed by atoms with Gasteiger partial charge >= 0.3 is 23.1 Å². The molecule has 0 atom stereocenters. The van der Waals surface area contributed by atoms with Crippen molar-refractivity contribution < 1.29 is 29.1 Å². The smallest absolute Gasteiger partial charge is 1.00 e. The Balaban J connectivity index is 0. The van der Waals surface area contributed by atoms with Gasteiger partial charge in [0.2, 0.25) is 0 Å². The van der Waals surface area contributed by atoms with Crippen molar-refractivity contribution in [2.75, 3.05) is 0 Å². The van der Waals surface area contributed by atoms with E-state index in [-0.39, 0.29) is 47.0 Å². The number of rotatable bonds is 2. The van der Waals surface area contributed by atoms with Gasteiger partial charge in [-0.25, -0.2) is 0 Å². The molecule has 0 aromatic heterocycles. The van der Waals surface area contributed by atoms with Crippen molar-refractivity contribution in [1.82, 2.24) is 0 Å². The van der Waals surface area contributed by atoms with Crippen LogP contribution in [0, 0.1) is 0 Å². The van der Waals surface area contributed by atoms with Crippen molar-refractivity contribution in [1.29, 1.82) is 0 Å². The predicted octanol–water partition coefficient (Wildman–Crippen LogP) is -1.14. The number of halogens is 1. The van der Waals surface area contributed by atoms with Crippen LogP contribution >= 0.6 is 0 Å². The Hall–Kier alpha value is 1.46. The van der Waals surface area contributed by atoms with Crippen LogP contribution in [0.4, 0.5) is 0 Å². The molecule has 0 aliphatic heterocycles. The van der Waals surface area contributed by atoms with Crippen LogP contribution in [-0.4, -0.2) is 28.7 Å². The molecule has 0 amide bonds. The van der Waals surface area contributed by atoms with E-state index in [0.29, 0.717) is 0 Å². The fourth-order valence-corrected chi connectivity index (χ4v) is 2.08. The van der Waals surface area contributed by atoms with Gasteiger partial charge in [0.1, 0.15) is 0 Å². The Kier molecular flexibility index (Phi) is 11.3. The van der Waals surface area contributed by atoms with Gasteiger partial charge < -0.3 is 29.1 Å². The van der Waals surface area contributed by atoms with Gasteiger partial charge in [0.25, 0.3) is 0 Å². The van der Waals surface area contributed by atoms with Gasteiger partial charge in [0.15, 0.2) is 0 Å². The molecule has 0 aromatic rings. The van der Waals surface area contributed by atoms with Gasteiger partial charge in [-0.1, -0.05) is 58.3 Å². The second-order valence-electron chi connectivity index (χ2n) is 3.85. The fourth-order valence-electron chi connectivity index (χ4n) is 2.08. The zero-order chi connectivity index (χ0) is 8.16. The molecule has 0 heterocycles. The molecule has 1 rings (SSSR count). The summed E-state index contributed by atoms with van der Waals surface area (Å²) in [6, 6.07) is 0. The van der Waals surface area contributed by atoms with Crippen LogP contribution in [0.1, 0.15) is 58.3 Å². The SMILES string of the molecule is CCCC1([O-])CCCCCC1.[I-].[Mg+2]. The Labute approximate surface area is 115 Å². The second-order valence-corrected chi connectivity index (χ2v) is 3.85. The zero-order valence-electron chi connectivity index (χ0n) is 8.65. The van der Waals surface area contributed by atoms with E-state index >= 15 is 0 Å². The minimum atomic E-state index is -0.536. The van der Waals surface area contributed by atoms with Crippen LogP contribution in [0.15, 0.2) is 0 Å². The van der Waals surface area contributed by atoms with Crippen LogP contribution < -0.4 is 29.1 Å². The Bertz CT molecular complexity index is 111. The average molecular weight is 306 g/mol. The molecule has 0 saturated heterocycles. The van der Waals surface area contributed by atoms with Crippen molar-refractivity contribution in [3.8, 4) is 0 Å². The molecule has 0 spiro atoms. The summed E-state index contributed by atoms with van der Waals surface area (Å²) in [7, 11) is 0. The maximum absolute atomic E-state index is 11.9. The maximum atomic E-state index is 11.9. The molecule has 74 valence electrons. The van der Waals surface area contributed by atoms with Gasteiger partial charge in [-0.3, -0.25) is 0 Å². The van der Waals surface area contributed by atoms with Crippen molar-refractivity contribution in [3.05, 3.63) is 0 Å². The van der Waals surface area contributed by atoms with Crippen LogP contribution in [0.25, 0.3) is 0 Å². The molecule has 1 nitrogen and oxygen atoms in total. The first-order chi connectivity index (χ1) is 5.27. The standard InChI is InChI=1S/C10H19O.HI.Mg/c1-2-7-10(11)8-5-3-4-6-9-10;;/h2-9H2,1H3;1H;/q-1;;+2/p-1. The quantitative estimate of drug-likeness (QED) is 0.359. The third-order valence-corrected chi connectivity index (χ3v) is 2.72. The van der Waals surface area contributed by atoms with Crippen molar-refractivity contribution in [2.24, 2.45) is 0 Å². The van der Waals surface area contributed by atoms with E-state index < -0.39 is 5.60 Å². The minimum absolute atomic E-state index is 0. The van der Waals surface area contributed by atoms with E-state index in [4.69, 9.17) is 0 Å². The largest absolute Gasteiger partial charge is 2.00 e. The van der Waals surface area contributed by atoms with Crippen molar-refractivity contribution in [3.63, 3.8) is 0 Å². The molecule has 1 saturated carbocycles. The maximum Gasteiger partial charge on any atom is 2.00 e. The summed E-state index contributed by atoms with van der Waals surface area (Å²) in [4.78, 5) is 0. The van der Waals surface area contributed by atoms with E-state index in [1.54, 1.807) is 0 Å². The van der Waals surface area contributed by atoms with Gasteiger partial charge in [-0.05, 0) is 0 Å². The van der Waals surface area contributed by atoms with Crippen molar-refractivity contribution >= 4 is 23.1 Å². The summed E-state index contributed by atoms with van der Waals surface area (Å²) >= 11 is 0. The molecule has 0 N–H and O–H groups in total. The molecule has 1 fully saturated rings. The van der Waals surface area contributed by atoms with Gasteiger partial charge in [-0.15, -0.1) is 5.60 Å². The molecule has 0 radical (unpaired) electrons. The van der Waals surface area contributed by atoms with E-state index in [0.717, 1.165) is 25.7 Å². The summed E-state index contributed by atoms with van der Waals surface area (Å²) in [6.07, 6.45) is 8.73. The van der Waals surface area contributed by atoms with E-state index in [9.17, 15) is 5.11 Å². The molecule has 1 aliphatic rings. The summed E-state index contributed by atoms with van der Waals surface area (Å²) in [5, 5.41) is 11.9. The summed E-state index contributed by atoms with van der Waals surface area (Å²) < 4.78 is 0. The van der Waals surface area contributed by atoms with E-state index in [1.165, 1.54) is 25.7 Å². The topological polar surface area (TPSA) is 23.1 Å². The van der Waals surface area contributed by atoms with Gasteiger partial charge in [0.05, 0.1) is 0 Å². The van der Waals surface area contributed by atoms with Crippen LogP contribution in [0.3, 0.4) is 0 Å². The third-order valence-electron chi connectivity index (χ3n) is 2.72. The Morgan fingerprint density at radius 3 is 1.92 bits per heavy atom. The average Bonchev–Trinajstić information content (AvgIpc) is 2.15. The monoisotopic (exact) mass is 306 g/mol. The molecular formula is C10H19IMgO. The normalized spacial score (nSPS) is 20.8. The molecule has 0 aromatic carbocycles. The number of hydrogen-bond acceptors (Lipinski definition) is 1. The molecule has 3 heteroatoms. The molecule has 0 unspecified atom stereocenters. The van der Waals surface area contributed by atoms with E-state index in [1.807, 2.05) is 0 Å². The molecular weight excluding hydrogens is 287 g/mol. The number of hydrogen-bond donors (Lipinski definition) is 0. The van der Waals surface area contributed by atoms with Crippen LogP contribution in [0.2, 0.25) is 0 Å². The first-order valence-electron chi connectivity index (χ1n) is 4.97. The zero-order valence-corrected chi connectivity index (χ0v) is 12.2. The first-order valence-corrected chi connectivity index (χ1v) is 4.97. The fraction of sp³-hybridized carbons (Fsp3) is 1.00. The minimum Gasteiger partial charge on any atom is -1.00 e. The summed E-state index contributed by atoms with van der Waals surface area (Å²) in [6.45, 7) is 2.12. The van der Waals surface area contributed by atoms with Crippen LogP contribution in [0.5, 0.6) is 0 Å². The summed E-state index contributed by atoms with van der Waals surface area (Å²) in [5.41, 5.74) is -0.536. The van der Waals surface area contributed by atoms with Gasteiger partial charge in [-0.2, -0.15) is 0 Å². The Morgan fingerprint density at radius 1 is 1.08 bits per heavy atom. The Morgan fingerprint density at radius 2 is 1.54 bits per heavy atom.